The summed E-state index contributed by atoms with van der Waals surface area (Å²) >= 11 is 0. The van der Waals surface area contributed by atoms with Crippen LogP contribution in [-0.2, 0) is 0 Å². The van der Waals surface area contributed by atoms with Crippen molar-refractivity contribution in [3.05, 3.63) is 41.6 Å². The molecule has 1 aliphatic rings. The molecule has 0 radical (unpaired) electrons. The number of amides is 1. The summed E-state index contributed by atoms with van der Waals surface area (Å²) in [5.41, 5.74) is 7.85. The van der Waals surface area contributed by atoms with E-state index in [9.17, 15) is 4.79 Å². The predicted octanol–water partition coefficient (Wildman–Crippen LogP) is 1.41. The molecule has 1 amide bonds. The highest BCUT2D eigenvalue weighted by Crippen LogP contribution is 2.25. The number of rotatable bonds is 2. The lowest BCUT2D eigenvalue weighted by Gasteiger charge is -2.11. The van der Waals surface area contributed by atoms with Gasteiger partial charge in [0.2, 0.25) is 5.91 Å². The van der Waals surface area contributed by atoms with Crippen LogP contribution in [0.3, 0.4) is 0 Å². The van der Waals surface area contributed by atoms with Crippen molar-refractivity contribution < 1.29 is 4.79 Å². The number of fused-ring (bicyclic) bond motifs is 1. The van der Waals surface area contributed by atoms with Crippen molar-refractivity contribution in [3.8, 4) is 0 Å². The van der Waals surface area contributed by atoms with Crippen molar-refractivity contribution in [2.45, 2.75) is 12.3 Å². The Bertz CT molecular complexity index is 603. The van der Waals surface area contributed by atoms with Gasteiger partial charge in [-0.1, -0.05) is 18.2 Å². The Morgan fingerprint density at radius 2 is 2.22 bits per heavy atom. The molecule has 0 bridgehead atoms. The third-order valence-corrected chi connectivity index (χ3v) is 3.48. The molecule has 2 heterocycles. The Morgan fingerprint density at radius 3 is 2.94 bits per heavy atom. The number of pyridine rings is 1. The van der Waals surface area contributed by atoms with Crippen LogP contribution in [-0.4, -0.2) is 24.0 Å². The second kappa shape index (κ2) is 4.38. The minimum atomic E-state index is -0.388. The summed E-state index contributed by atoms with van der Waals surface area (Å²) in [5, 5.41) is 4.14. The van der Waals surface area contributed by atoms with Gasteiger partial charge >= 0.3 is 0 Å². The lowest BCUT2D eigenvalue weighted by atomic mass is 9.99. The molecule has 3 N–H and O–H groups in total. The number of aromatic nitrogens is 1. The van der Waals surface area contributed by atoms with E-state index in [1.54, 1.807) is 0 Å². The van der Waals surface area contributed by atoms with Crippen LogP contribution in [0.15, 0.2) is 30.3 Å². The van der Waals surface area contributed by atoms with Gasteiger partial charge in [-0.3, -0.25) is 9.78 Å². The van der Waals surface area contributed by atoms with Crippen molar-refractivity contribution in [2.24, 2.45) is 5.73 Å². The highest BCUT2D eigenvalue weighted by Gasteiger charge is 2.20. The molecule has 1 aliphatic heterocycles. The first-order valence-corrected chi connectivity index (χ1v) is 6.16. The number of carbonyl (C=O) groups is 1. The van der Waals surface area contributed by atoms with Crippen molar-refractivity contribution in [3.63, 3.8) is 0 Å². The van der Waals surface area contributed by atoms with E-state index < -0.39 is 0 Å². The summed E-state index contributed by atoms with van der Waals surface area (Å²) in [4.78, 5) is 16.2. The fourth-order valence-corrected chi connectivity index (χ4v) is 2.52. The maximum absolute atomic E-state index is 11.6. The molecule has 18 heavy (non-hydrogen) atoms. The van der Waals surface area contributed by atoms with Gasteiger partial charge in [-0.2, -0.15) is 0 Å². The minimum absolute atomic E-state index is 0.382. The van der Waals surface area contributed by atoms with Gasteiger partial charge in [0, 0.05) is 23.5 Å². The fraction of sp³-hybridized carbons (Fsp3) is 0.286. The smallest absolute Gasteiger partial charge is 0.249 e. The van der Waals surface area contributed by atoms with Gasteiger partial charge in [0.1, 0.15) is 0 Å². The number of carbonyl (C=O) groups excluding carboxylic acids is 1. The van der Waals surface area contributed by atoms with Gasteiger partial charge in [0.15, 0.2) is 0 Å². The van der Waals surface area contributed by atoms with Crippen LogP contribution >= 0.6 is 0 Å². The average molecular weight is 241 g/mol. The summed E-state index contributed by atoms with van der Waals surface area (Å²) in [6.45, 7) is 1.93. The molecule has 3 rings (SSSR count). The lowest BCUT2D eigenvalue weighted by molar-refractivity contribution is 0.100. The standard InChI is InChI=1S/C14H15N3O/c15-14(18)11-7-13(9-5-6-16-8-9)17-12-4-2-1-3-10(11)12/h1-4,7,9,16H,5-6,8H2,(H2,15,18). The Morgan fingerprint density at radius 1 is 1.39 bits per heavy atom. The molecular weight excluding hydrogens is 226 g/mol. The maximum Gasteiger partial charge on any atom is 0.249 e. The van der Waals surface area contributed by atoms with Crippen LogP contribution in [0.2, 0.25) is 0 Å². The molecule has 0 aliphatic carbocycles. The van der Waals surface area contributed by atoms with E-state index in [0.717, 1.165) is 36.1 Å². The molecule has 1 fully saturated rings. The van der Waals surface area contributed by atoms with E-state index in [1.807, 2.05) is 30.3 Å². The van der Waals surface area contributed by atoms with E-state index in [0.29, 0.717) is 11.5 Å². The van der Waals surface area contributed by atoms with Gasteiger partial charge in [-0.15, -0.1) is 0 Å². The number of para-hydroxylation sites is 1. The average Bonchev–Trinajstić information content (AvgIpc) is 2.91. The van der Waals surface area contributed by atoms with Crippen LogP contribution < -0.4 is 11.1 Å². The second-order valence-corrected chi connectivity index (χ2v) is 4.67. The molecule has 2 aromatic rings. The Hall–Kier alpha value is -1.94. The first kappa shape index (κ1) is 11.2. The van der Waals surface area contributed by atoms with Crippen LogP contribution in [0.4, 0.5) is 0 Å². The number of primary amides is 1. The molecule has 1 aromatic carbocycles. The molecule has 1 atom stereocenters. The summed E-state index contributed by atoms with van der Waals surface area (Å²) in [6, 6.07) is 9.49. The van der Waals surface area contributed by atoms with E-state index >= 15 is 0 Å². The normalized spacial score (nSPS) is 19.2. The highest BCUT2D eigenvalue weighted by atomic mass is 16.1. The molecule has 92 valence electrons. The predicted molar refractivity (Wildman–Crippen MR) is 70.5 cm³/mol. The Balaban J connectivity index is 2.19. The molecule has 0 saturated carbocycles. The maximum atomic E-state index is 11.6. The van der Waals surface area contributed by atoms with Crippen molar-refractivity contribution >= 4 is 16.8 Å². The van der Waals surface area contributed by atoms with Gasteiger partial charge in [0.25, 0.3) is 0 Å². The monoisotopic (exact) mass is 241 g/mol. The second-order valence-electron chi connectivity index (χ2n) is 4.67. The van der Waals surface area contributed by atoms with Crippen LogP contribution in [0.5, 0.6) is 0 Å². The van der Waals surface area contributed by atoms with Gasteiger partial charge in [-0.05, 0) is 25.1 Å². The van der Waals surface area contributed by atoms with Crippen molar-refractivity contribution in [1.29, 1.82) is 0 Å². The molecule has 4 heteroatoms. The Kier molecular flexibility index (Phi) is 2.72. The lowest BCUT2D eigenvalue weighted by Crippen LogP contribution is -2.14. The van der Waals surface area contributed by atoms with Crippen LogP contribution in [0, 0.1) is 0 Å². The Labute approximate surface area is 105 Å². The molecule has 1 saturated heterocycles. The third kappa shape index (κ3) is 1.84. The third-order valence-electron chi connectivity index (χ3n) is 3.48. The van der Waals surface area contributed by atoms with Crippen molar-refractivity contribution in [1.82, 2.24) is 10.3 Å². The molecular formula is C14H15N3O. The number of nitrogens with one attached hydrogen (secondary N) is 1. The van der Waals surface area contributed by atoms with Gasteiger partial charge in [-0.25, -0.2) is 0 Å². The van der Waals surface area contributed by atoms with E-state index in [2.05, 4.69) is 10.3 Å². The quantitative estimate of drug-likeness (QED) is 0.835. The van der Waals surface area contributed by atoms with E-state index in [4.69, 9.17) is 5.73 Å². The summed E-state index contributed by atoms with van der Waals surface area (Å²) < 4.78 is 0. The SMILES string of the molecule is NC(=O)c1cc(C2CCNC2)nc2ccccc12. The largest absolute Gasteiger partial charge is 0.366 e. The van der Waals surface area contributed by atoms with E-state index in [1.165, 1.54) is 0 Å². The zero-order valence-corrected chi connectivity index (χ0v) is 10.0. The molecule has 0 spiro atoms. The first-order chi connectivity index (χ1) is 8.75. The summed E-state index contributed by atoms with van der Waals surface area (Å²) in [6.07, 6.45) is 1.06. The number of nitrogens with two attached hydrogens (primary N) is 1. The van der Waals surface area contributed by atoms with Gasteiger partial charge in [0.05, 0.1) is 11.1 Å². The minimum Gasteiger partial charge on any atom is -0.366 e. The van der Waals surface area contributed by atoms with E-state index in [-0.39, 0.29) is 5.91 Å². The number of benzene rings is 1. The summed E-state index contributed by atoms with van der Waals surface area (Å²) in [7, 11) is 0. The highest BCUT2D eigenvalue weighted by molar-refractivity contribution is 6.05. The first-order valence-electron chi connectivity index (χ1n) is 6.16. The molecule has 4 nitrogen and oxygen atoms in total. The number of hydrogen-bond acceptors (Lipinski definition) is 3. The van der Waals surface area contributed by atoms with Gasteiger partial charge < -0.3 is 11.1 Å². The zero-order valence-electron chi connectivity index (χ0n) is 10.0. The fourth-order valence-electron chi connectivity index (χ4n) is 2.52. The van der Waals surface area contributed by atoms with Crippen molar-refractivity contribution in [2.75, 3.05) is 13.1 Å². The van der Waals surface area contributed by atoms with Crippen LogP contribution in [0.1, 0.15) is 28.4 Å². The zero-order chi connectivity index (χ0) is 12.5. The topological polar surface area (TPSA) is 68.0 Å². The summed E-state index contributed by atoms with van der Waals surface area (Å²) in [5.74, 6) is -0.00601. The molecule has 1 unspecified atom stereocenters. The number of hydrogen-bond donors (Lipinski definition) is 2. The number of nitrogens with zero attached hydrogens (tertiary/aromatic N) is 1. The molecule has 1 aromatic heterocycles. The van der Waals surface area contributed by atoms with Crippen LogP contribution in [0.25, 0.3) is 10.9 Å².